The van der Waals surface area contributed by atoms with Crippen LogP contribution < -0.4 is 28.4 Å². The molecule has 1 heterocycles. The zero-order valence-electron chi connectivity index (χ0n) is 8.71. The highest BCUT2D eigenvalue weighted by Crippen LogP contribution is 2.36. The second-order valence-electron chi connectivity index (χ2n) is 3.91. The Kier molecular flexibility index (Phi) is 5.22. The molecule has 0 spiro atoms. The molecule has 86 valence electrons. The summed E-state index contributed by atoms with van der Waals surface area (Å²) in [5, 5.41) is 0.585. The van der Waals surface area contributed by atoms with Crippen molar-refractivity contribution in [2.24, 2.45) is 16.5 Å². The van der Waals surface area contributed by atoms with Crippen LogP contribution in [0.1, 0.15) is 26.5 Å². The first-order chi connectivity index (χ1) is 6.30. The number of rotatable bonds is 1. The van der Waals surface area contributed by atoms with Gasteiger partial charge in [0, 0.05) is 5.41 Å². The lowest BCUT2D eigenvalue weighted by molar-refractivity contribution is -0.00000358. The molecule has 4 nitrogen and oxygen atoms in total. The van der Waals surface area contributed by atoms with E-state index in [2.05, 4.69) is 46.7 Å². The minimum Gasteiger partial charge on any atom is -1.00 e. The number of hydrogen-bond acceptors (Lipinski definition) is 3. The molecule has 7 heteroatoms. The van der Waals surface area contributed by atoms with Crippen LogP contribution >= 0.6 is 27.3 Å². The van der Waals surface area contributed by atoms with E-state index in [1.54, 1.807) is 0 Å². The molecule has 0 radical (unpaired) electrons. The SMILES string of the molecule is CC(C)(C)c1nc(N=C(N)N)sc1Br.[Br-]. The average molecular weight is 357 g/mol. The van der Waals surface area contributed by atoms with Gasteiger partial charge in [0.2, 0.25) is 5.13 Å². The first-order valence-electron chi connectivity index (χ1n) is 4.07. The lowest BCUT2D eigenvalue weighted by Crippen LogP contribution is -3.00. The zero-order chi connectivity index (χ0) is 10.9. The lowest BCUT2D eigenvalue weighted by Gasteiger charge is -2.15. The van der Waals surface area contributed by atoms with E-state index in [0.29, 0.717) is 5.13 Å². The second kappa shape index (κ2) is 5.27. The van der Waals surface area contributed by atoms with Crippen molar-refractivity contribution in [3.8, 4) is 0 Å². The summed E-state index contributed by atoms with van der Waals surface area (Å²) in [6.45, 7) is 6.27. The number of nitrogens with zero attached hydrogens (tertiary/aromatic N) is 2. The van der Waals surface area contributed by atoms with Crippen molar-refractivity contribution in [1.29, 1.82) is 0 Å². The molecule has 1 aromatic heterocycles. The summed E-state index contributed by atoms with van der Waals surface area (Å²) in [5.41, 5.74) is 11.5. The van der Waals surface area contributed by atoms with Crippen molar-refractivity contribution in [3.05, 3.63) is 9.48 Å². The Morgan fingerprint density at radius 1 is 1.40 bits per heavy atom. The van der Waals surface area contributed by atoms with E-state index in [-0.39, 0.29) is 28.4 Å². The summed E-state index contributed by atoms with van der Waals surface area (Å²) < 4.78 is 0.977. The molecule has 0 aliphatic carbocycles. The molecule has 1 rings (SSSR count). The molecule has 0 unspecified atom stereocenters. The van der Waals surface area contributed by atoms with E-state index in [9.17, 15) is 0 Å². The van der Waals surface area contributed by atoms with Crippen LogP contribution in [-0.2, 0) is 5.41 Å². The van der Waals surface area contributed by atoms with Crippen LogP contribution in [0.25, 0.3) is 0 Å². The van der Waals surface area contributed by atoms with Crippen LogP contribution in [-0.4, -0.2) is 10.9 Å². The third kappa shape index (κ3) is 4.08. The number of aliphatic imine (C=N–C) groups is 1. The van der Waals surface area contributed by atoms with E-state index in [1.165, 1.54) is 11.3 Å². The van der Waals surface area contributed by atoms with E-state index < -0.39 is 0 Å². The zero-order valence-corrected chi connectivity index (χ0v) is 12.7. The van der Waals surface area contributed by atoms with Crippen molar-refractivity contribution in [2.45, 2.75) is 26.2 Å². The summed E-state index contributed by atoms with van der Waals surface area (Å²) in [6, 6.07) is 0. The van der Waals surface area contributed by atoms with Gasteiger partial charge in [0.1, 0.15) is 0 Å². The van der Waals surface area contributed by atoms with Crippen molar-refractivity contribution in [2.75, 3.05) is 0 Å². The third-order valence-electron chi connectivity index (χ3n) is 1.51. The van der Waals surface area contributed by atoms with Crippen molar-refractivity contribution in [1.82, 2.24) is 4.98 Å². The predicted octanol–water partition coefficient (Wildman–Crippen LogP) is -0.888. The third-order valence-corrected chi connectivity index (χ3v) is 3.11. The fraction of sp³-hybridized carbons (Fsp3) is 0.500. The van der Waals surface area contributed by atoms with Gasteiger partial charge in [-0.25, -0.2) is 4.98 Å². The molecule has 0 atom stereocenters. The fourth-order valence-corrected chi connectivity index (χ4v) is 2.93. The molecule has 0 saturated heterocycles. The summed E-state index contributed by atoms with van der Waals surface area (Å²) >= 11 is 4.88. The highest BCUT2D eigenvalue weighted by Gasteiger charge is 2.21. The Morgan fingerprint density at radius 2 is 1.93 bits per heavy atom. The quantitative estimate of drug-likeness (QED) is 0.506. The summed E-state index contributed by atoms with van der Waals surface area (Å²) in [7, 11) is 0. The van der Waals surface area contributed by atoms with Crippen LogP contribution in [0, 0.1) is 0 Å². The molecule has 0 aliphatic heterocycles. The molecule has 0 bridgehead atoms. The predicted molar refractivity (Wildman–Crippen MR) is 64.0 cm³/mol. The lowest BCUT2D eigenvalue weighted by atomic mass is 9.93. The van der Waals surface area contributed by atoms with Gasteiger partial charge in [-0.1, -0.05) is 32.1 Å². The van der Waals surface area contributed by atoms with Crippen LogP contribution in [0.4, 0.5) is 5.13 Å². The number of guanidine groups is 1. The van der Waals surface area contributed by atoms with Gasteiger partial charge < -0.3 is 28.4 Å². The number of nitrogens with two attached hydrogens (primary N) is 2. The topological polar surface area (TPSA) is 77.3 Å². The van der Waals surface area contributed by atoms with Gasteiger partial charge in [-0.15, -0.1) is 0 Å². The van der Waals surface area contributed by atoms with Crippen LogP contribution in [0.3, 0.4) is 0 Å². The molecular formula is C8H13Br2N4S-. The minimum absolute atomic E-state index is 0. The summed E-state index contributed by atoms with van der Waals surface area (Å²) in [6.07, 6.45) is 0. The second-order valence-corrected chi connectivity index (χ2v) is 6.20. The highest BCUT2D eigenvalue weighted by molar-refractivity contribution is 9.11. The molecular weight excluding hydrogens is 344 g/mol. The van der Waals surface area contributed by atoms with Crippen molar-refractivity contribution in [3.63, 3.8) is 0 Å². The molecule has 1 aromatic rings. The maximum absolute atomic E-state index is 5.27. The van der Waals surface area contributed by atoms with Gasteiger partial charge in [0.15, 0.2) is 5.96 Å². The monoisotopic (exact) mass is 355 g/mol. The number of halogens is 2. The molecule has 0 fully saturated rings. The molecule has 0 saturated carbocycles. The Bertz CT molecular complexity index is 363. The van der Waals surface area contributed by atoms with Gasteiger partial charge in [0.25, 0.3) is 0 Å². The highest BCUT2D eigenvalue weighted by atomic mass is 79.9. The minimum atomic E-state index is -0.00748. The van der Waals surface area contributed by atoms with E-state index >= 15 is 0 Å². The normalized spacial score (nSPS) is 10.7. The maximum Gasteiger partial charge on any atom is 0.213 e. The maximum atomic E-state index is 5.27. The van der Waals surface area contributed by atoms with Crippen molar-refractivity contribution >= 4 is 38.4 Å². The Labute approximate surface area is 112 Å². The Balaban J connectivity index is 0.00000196. The van der Waals surface area contributed by atoms with E-state index in [4.69, 9.17) is 11.5 Å². The molecule has 0 amide bonds. The van der Waals surface area contributed by atoms with Gasteiger partial charge >= 0.3 is 0 Å². The summed E-state index contributed by atoms with van der Waals surface area (Å²) in [5.74, 6) is 0.0340. The molecule has 4 N–H and O–H groups in total. The van der Waals surface area contributed by atoms with Crippen LogP contribution in [0.15, 0.2) is 8.78 Å². The number of hydrogen-bond donors (Lipinski definition) is 2. The average Bonchev–Trinajstić information content (AvgIpc) is 2.27. The van der Waals surface area contributed by atoms with Crippen molar-refractivity contribution < 1.29 is 17.0 Å². The standard InChI is InChI=1S/C8H13BrN4S.BrH/c1-8(2,3)4-5(9)14-7(12-4)13-6(10)11;/h1-3H3,(H4,10,11,12,13);1H/p-1. The van der Waals surface area contributed by atoms with Crippen LogP contribution in [0.5, 0.6) is 0 Å². The van der Waals surface area contributed by atoms with Gasteiger partial charge in [-0.2, -0.15) is 4.99 Å². The van der Waals surface area contributed by atoms with Crippen LogP contribution in [0.2, 0.25) is 0 Å². The van der Waals surface area contributed by atoms with E-state index in [1.807, 2.05) is 0 Å². The number of aromatic nitrogens is 1. The first kappa shape index (κ1) is 14.9. The molecule has 0 aromatic carbocycles. The molecule has 15 heavy (non-hydrogen) atoms. The Morgan fingerprint density at radius 3 is 2.27 bits per heavy atom. The number of thiazole rings is 1. The van der Waals surface area contributed by atoms with Gasteiger partial charge in [-0.05, 0) is 15.9 Å². The smallest absolute Gasteiger partial charge is 0.213 e. The van der Waals surface area contributed by atoms with Gasteiger partial charge in [0.05, 0.1) is 9.48 Å². The van der Waals surface area contributed by atoms with E-state index in [0.717, 1.165) is 9.48 Å². The fourth-order valence-electron chi connectivity index (χ4n) is 0.912. The summed E-state index contributed by atoms with van der Waals surface area (Å²) in [4.78, 5) is 8.25. The Hall–Kier alpha value is -0.140. The first-order valence-corrected chi connectivity index (χ1v) is 5.68. The molecule has 0 aliphatic rings. The van der Waals surface area contributed by atoms with Gasteiger partial charge in [-0.3, -0.25) is 0 Å². The largest absolute Gasteiger partial charge is 1.00 e.